The van der Waals surface area contributed by atoms with E-state index in [1.165, 1.54) is 6.33 Å². The van der Waals surface area contributed by atoms with Gasteiger partial charge in [-0.15, -0.1) is 0 Å². The van der Waals surface area contributed by atoms with Crippen molar-refractivity contribution in [2.45, 2.75) is 33.2 Å². The van der Waals surface area contributed by atoms with E-state index in [2.05, 4.69) is 27.5 Å². The molecule has 2 amide bonds. The molecule has 2 heterocycles. The molecule has 1 aromatic rings. The van der Waals surface area contributed by atoms with Gasteiger partial charge in [0, 0.05) is 12.1 Å². The molecule has 2 N–H and O–H groups in total. The molecular weight excluding hydrogens is 258 g/mol. The Hall–Kier alpha value is -2.18. The van der Waals surface area contributed by atoms with E-state index in [9.17, 15) is 9.59 Å². The zero-order chi connectivity index (χ0) is 14.7. The van der Waals surface area contributed by atoms with Crippen LogP contribution in [0.3, 0.4) is 0 Å². The summed E-state index contributed by atoms with van der Waals surface area (Å²) in [5.74, 6) is 0.744. The molecule has 2 rings (SSSR count). The summed E-state index contributed by atoms with van der Waals surface area (Å²) in [5, 5.41) is 5.53. The van der Waals surface area contributed by atoms with Crippen LogP contribution in [-0.2, 0) is 9.59 Å². The van der Waals surface area contributed by atoms with Crippen molar-refractivity contribution >= 4 is 23.5 Å². The first-order valence-electron chi connectivity index (χ1n) is 6.70. The maximum Gasteiger partial charge on any atom is 0.249 e. The molecule has 0 aliphatic carbocycles. The molecule has 20 heavy (non-hydrogen) atoms. The number of carbonyl (C=O) groups is 2. The molecule has 0 bridgehead atoms. The molecule has 0 saturated carbocycles. The smallest absolute Gasteiger partial charge is 0.249 e. The van der Waals surface area contributed by atoms with E-state index in [1.807, 2.05) is 6.92 Å². The maximum absolute atomic E-state index is 11.7. The summed E-state index contributed by atoms with van der Waals surface area (Å²) >= 11 is 0. The second-order valence-electron chi connectivity index (χ2n) is 4.81. The lowest BCUT2D eigenvalue weighted by Crippen LogP contribution is -2.57. The fraction of sp³-hybridized carbons (Fsp3) is 0.538. The highest BCUT2D eigenvalue weighted by Gasteiger charge is 2.32. The average Bonchev–Trinajstić information content (AvgIpc) is 2.42. The van der Waals surface area contributed by atoms with E-state index in [0.717, 1.165) is 24.3 Å². The molecule has 1 saturated heterocycles. The zero-order valence-corrected chi connectivity index (χ0v) is 11.9. The zero-order valence-electron chi connectivity index (χ0n) is 11.9. The van der Waals surface area contributed by atoms with Crippen LogP contribution in [0.4, 0.5) is 11.6 Å². The first kappa shape index (κ1) is 14.2. The molecule has 0 spiro atoms. The largest absolute Gasteiger partial charge is 0.370 e. The van der Waals surface area contributed by atoms with Crippen LogP contribution in [0.5, 0.6) is 0 Å². The third-order valence-corrected chi connectivity index (χ3v) is 3.30. The highest BCUT2D eigenvalue weighted by Crippen LogP contribution is 2.24. The first-order valence-corrected chi connectivity index (χ1v) is 6.70. The minimum absolute atomic E-state index is 0.123. The van der Waals surface area contributed by atoms with Crippen molar-refractivity contribution in [3.8, 4) is 0 Å². The summed E-state index contributed by atoms with van der Waals surface area (Å²) in [7, 11) is 0. The molecule has 1 aromatic heterocycles. The summed E-state index contributed by atoms with van der Waals surface area (Å²) in [4.78, 5) is 33.4. The number of carbonyl (C=O) groups excluding carboxylic acids is 2. The average molecular weight is 277 g/mol. The molecule has 1 unspecified atom stereocenters. The molecule has 7 heteroatoms. The minimum Gasteiger partial charge on any atom is -0.370 e. The lowest BCUT2D eigenvalue weighted by Gasteiger charge is -2.33. The molecule has 1 aliphatic heterocycles. The van der Waals surface area contributed by atoms with Gasteiger partial charge in [-0.2, -0.15) is 0 Å². The Bertz CT molecular complexity index is 531. The predicted octanol–water partition coefficient (Wildman–Crippen LogP) is 0.458. The van der Waals surface area contributed by atoms with Gasteiger partial charge in [-0.1, -0.05) is 6.92 Å². The molecule has 0 aromatic carbocycles. The first-order chi connectivity index (χ1) is 9.54. The number of anilines is 2. The van der Waals surface area contributed by atoms with Crippen molar-refractivity contribution in [2.24, 2.45) is 0 Å². The normalized spacial score (nSPS) is 18.9. The molecular formula is C13H19N5O2. The van der Waals surface area contributed by atoms with Crippen molar-refractivity contribution in [2.75, 3.05) is 23.3 Å². The van der Waals surface area contributed by atoms with Gasteiger partial charge in [0.15, 0.2) is 0 Å². The number of amides is 2. The van der Waals surface area contributed by atoms with Gasteiger partial charge in [0.1, 0.15) is 24.0 Å². The molecule has 7 nitrogen and oxygen atoms in total. The Balaban J connectivity index is 2.31. The fourth-order valence-corrected chi connectivity index (χ4v) is 2.12. The van der Waals surface area contributed by atoms with Crippen molar-refractivity contribution in [1.82, 2.24) is 15.3 Å². The molecule has 0 radical (unpaired) electrons. The van der Waals surface area contributed by atoms with Gasteiger partial charge in [0.05, 0.1) is 6.54 Å². The molecule has 1 aliphatic rings. The minimum atomic E-state index is -0.430. The summed E-state index contributed by atoms with van der Waals surface area (Å²) < 4.78 is 0. The van der Waals surface area contributed by atoms with Crippen molar-refractivity contribution in [3.05, 3.63) is 11.9 Å². The summed E-state index contributed by atoms with van der Waals surface area (Å²) in [6.07, 6.45) is 2.43. The Morgan fingerprint density at radius 2 is 2.20 bits per heavy atom. The summed E-state index contributed by atoms with van der Waals surface area (Å²) in [5.41, 5.74) is 0.843. The van der Waals surface area contributed by atoms with Gasteiger partial charge >= 0.3 is 0 Å². The van der Waals surface area contributed by atoms with E-state index < -0.39 is 6.04 Å². The van der Waals surface area contributed by atoms with Crippen LogP contribution in [0.15, 0.2) is 6.33 Å². The standard InChI is InChI=1S/C13H19N5O2/c1-4-5-14-11-8(2)12(16-7-15-11)18-6-10(19)17-13(20)9(18)3/h7,9H,4-6H2,1-3H3,(H,14,15,16)(H,17,19,20). The third kappa shape index (κ3) is 2.71. The highest BCUT2D eigenvalue weighted by atomic mass is 16.2. The van der Waals surface area contributed by atoms with Crippen LogP contribution >= 0.6 is 0 Å². The topological polar surface area (TPSA) is 87.2 Å². The van der Waals surface area contributed by atoms with Gasteiger partial charge in [0.25, 0.3) is 0 Å². The molecule has 108 valence electrons. The predicted molar refractivity (Wildman–Crippen MR) is 75.5 cm³/mol. The SMILES string of the molecule is CCCNc1ncnc(N2CC(=O)NC(=O)C2C)c1C. The Morgan fingerprint density at radius 3 is 2.90 bits per heavy atom. The lowest BCUT2D eigenvalue weighted by molar-refractivity contribution is -0.132. The van der Waals surface area contributed by atoms with Crippen LogP contribution in [-0.4, -0.2) is 40.9 Å². The number of nitrogens with one attached hydrogen (secondary N) is 2. The van der Waals surface area contributed by atoms with Crippen LogP contribution in [0.25, 0.3) is 0 Å². The lowest BCUT2D eigenvalue weighted by atomic mass is 10.1. The van der Waals surface area contributed by atoms with E-state index >= 15 is 0 Å². The van der Waals surface area contributed by atoms with Gasteiger partial charge in [-0.3, -0.25) is 14.9 Å². The second kappa shape index (κ2) is 5.85. The number of piperazine rings is 1. The van der Waals surface area contributed by atoms with Crippen molar-refractivity contribution in [3.63, 3.8) is 0 Å². The van der Waals surface area contributed by atoms with Crippen LogP contribution < -0.4 is 15.5 Å². The van der Waals surface area contributed by atoms with Gasteiger partial charge in [0.2, 0.25) is 11.8 Å². The summed E-state index contributed by atoms with van der Waals surface area (Å²) in [6.45, 7) is 6.64. The molecule has 1 fully saturated rings. The number of rotatable bonds is 4. The van der Waals surface area contributed by atoms with Crippen LogP contribution in [0, 0.1) is 6.92 Å². The van der Waals surface area contributed by atoms with E-state index in [1.54, 1.807) is 11.8 Å². The monoisotopic (exact) mass is 277 g/mol. The van der Waals surface area contributed by atoms with Crippen LogP contribution in [0.1, 0.15) is 25.8 Å². The maximum atomic E-state index is 11.7. The fourth-order valence-electron chi connectivity index (χ4n) is 2.12. The van der Waals surface area contributed by atoms with E-state index in [-0.39, 0.29) is 18.4 Å². The van der Waals surface area contributed by atoms with Crippen LogP contribution in [0.2, 0.25) is 0 Å². The Labute approximate surface area is 117 Å². The Kier molecular flexibility index (Phi) is 4.16. The van der Waals surface area contributed by atoms with E-state index in [0.29, 0.717) is 5.82 Å². The second-order valence-corrected chi connectivity index (χ2v) is 4.81. The van der Waals surface area contributed by atoms with Crippen molar-refractivity contribution in [1.29, 1.82) is 0 Å². The Morgan fingerprint density at radius 1 is 1.45 bits per heavy atom. The highest BCUT2D eigenvalue weighted by molar-refractivity contribution is 6.04. The van der Waals surface area contributed by atoms with Crippen molar-refractivity contribution < 1.29 is 9.59 Å². The number of hydrogen-bond donors (Lipinski definition) is 2. The quantitative estimate of drug-likeness (QED) is 0.777. The number of imide groups is 1. The number of aromatic nitrogens is 2. The third-order valence-electron chi connectivity index (χ3n) is 3.30. The number of hydrogen-bond acceptors (Lipinski definition) is 6. The summed E-state index contributed by atoms with van der Waals surface area (Å²) in [6, 6.07) is -0.430. The van der Waals surface area contributed by atoms with E-state index in [4.69, 9.17) is 0 Å². The van der Waals surface area contributed by atoms with Gasteiger partial charge in [-0.05, 0) is 20.3 Å². The van der Waals surface area contributed by atoms with Gasteiger partial charge < -0.3 is 10.2 Å². The molecule has 1 atom stereocenters. The number of nitrogens with zero attached hydrogens (tertiary/aromatic N) is 3. The van der Waals surface area contributed by atoms with Gasteiger partial charge in [-0.25, -0.2) is 9.97 Å².